The van der Waals surface area contributed by atoms with Gasteiger partial charge < -0.3 is 5.11 Å². The average molecular weight is 163 g/mol. The Hall–Kier alpha value is -0.180. The summed E-state index contributed by atoms with van der Waals surface area (Å²) in [4.78, 5) is 10.0. The van der Waals surface area contributed by atoms with E-state index in [2.05, 4.69) is 12.5 Å². The van der Waals surface area contributed by atoms with E-state index < -0.39 is 5.97 Å². The molecular formula is C7H15O2S+. The molecule has 0 radical (unpaired) electrons. The van der Waals surface area contributed by atoms with Gasteiger partial charge in [-0.3, -0.25) is 4.79 Å². The van der Waals surface area contributed by atoms with E-state index in [0.29, 0.717) is 17.3 Å². The minimum absolute atomic E-state index is 0.331. The van der Waals surface area contributed by atoms with Crippen LogP contribution in [-0.4, -0.2) is 29.3 Å². The number of carbonyl (C=O) groups is 1. The molecule has 0 amide bonds. The normalized spacial score (nSPS) is 10.3. The molecule has 0 aliphatic heterocycles. The lowest BCUT2D eigenvalue weighted by atomic mass is 10.3. The minimum Gasteiger partial charge on any atom is -0.481 e. The molecule has 0 saturated heterocycles. The molecule has 0 fully saturated rings. The molecule has 10 heavy (non-hydrogen) atoms. The number of hydrogen-bond donors (Lipinski definition) is 1. The van der Waals surface area contributed by atoms with E-state index >= 15 is 0 Å². The van der Waals surface area contributed by atoms with Crippen LogP contribution in [0.5, 0.6) is 0 Å². The Morgan fingerprint density at radius 1 is 1.40 bits per heavy atom. The molecular weight excluding hydrogens is 148 g/mol. The Morgan fingerprint density at radius 3 is 2.40 bits per heavy atom. The van der Waals surface area contributed by atoms with Crippen molar-refractivity contribution in [3.63, 3.8) is 0 Å². The van der Waals surface area contributed by atoms with E-state index in [9.17, 15) is 4.79 Å². The fourth-order valence-corrected chi connectivity index (χ4v) is 1.45. The molecule has 0 aliphatic carbocycles. The summed E-state index contributed by atoms with van der Waals surface area (Å²) in [6, 6.07) is 0. The molecule has 0 aliphatic rings. The van der Waals surface area contributed by atoms with Crippen molar-refractivity contribution in [2.24, 2.45) is 0 Å². The van der Waals surface area contributed by atoms with Crippen LogP contribution in [0.15, 0.2) is 0 Å². The van der Waals surface area contributed by atoms with E-state index in [1.807, 2.05) is 0 Å². The van der Waals surface area contributed by atoms with Crippen LogP contribution in [0.4, 0.5) is 0 Å². The molecule has 0 bridgehead atoms. The van der Waals surface area contributed by atoms with Crippen molar-refractivity contribution in [1.82, 2.24) is 0 Å². The highest BCUT2D eigenvalue weighted by Gasteiger charge is 2.02. The van der Waals surface area contributed by atoms with Crippen LogP contribution in [0, 0.1) is 0 Å². The second-order valence-electron chi connectivity index (χ2n) is 2.54. The summed E-state index contributed by atoms with van der Waals surface area (Å²) >= 11 is 0. The zero-order valence-electron chi connectivity index (χ0n) is 6.59. The highest BCUT2D eigenvalue weighted by molar-refractivity contribution is 7.95. The summed E-state index contributed by atoms with van der Waals surface area (Å²) in [6.45, 7) is 0. The second kappa shape index (κ2) is 5.59. The molecule has 2 nitrogen and oxygen atoms in total. The first-order chi connectivity index (χ1) is 4.63. The first kappa shape index (κ1) is 9.82. The van der Waals surface area contributed by atoms with Gasteiger partial charge in [0.05, 0.1) is 12.5 Å². The van der Waals surface area contributed by atoms with E-state index in [-0.39, 0.29) is 0 Å². The second-order valence-corrected chi connectivity index (χ2v) is 4.92. The summed E-state index contributed by atoms with van der Waals surface area (Å²) in [5.74, 6) is 0.500. The van der Waals surface area contributed by atoms with Gasteiger partial charge in [-0.1, -0.05) is 0 Å². The van der Waals surface area contributed by atoms with E-state index in [4.69, 9.17) is 5.11 Å². The lowest BCUT2D eigenvalue weighted by molar-refractivity contribution is -0.137. The molecule has 60 valence electrons. The van der Waals surface area contributed by atoms with Gasteiger partial charge in [0.15, 0.2) is 0 Å². The highest BCUT2D eigenvalue weighted by Crippen LogP contribution is 1.98. The van der Waals surface area contributed by atoms with Crippen LogP contribution >= 0.6 is 0 Å². The van der Waals surface area contributed by atoms with Crippen molar-refractivity contribution in [2.75, 3.05) is 18.3 Å². The quantitative estimate of drug-likeness (QED) is 0.487. The van der Waals surface area contributed by atoms with Gasteiger partial charge in [0.2, 0.25) is 0 Å². The van der Waals surface area contributed by atoms with Crippen LogP contribution < -0.4 is 0 Å². The van der Waals surface area contributed by atoms with Crippen molar-refractivity contribution >= 4 is 16.9 Å². The van der Waals surface area contributed by atoms with Crippen LogP contribution in [0.3, 0.4) is 0 Å². The Kier molecular flexibility index (Phi) is 5.49. The maximum Gasteiger partial charge on any atom is 0.303 e. The third-order valence-electron chi connectivity index (χ3n) is 1.19. The highest BCUT2D eigenvalue weighted by atomic mass is 32.2. The topological polar surface area (TPSA) is 37.3 Å². The van der Waals surface area contributed by atoms with Crippen molar-refractivity contribution in [1.29, 1.82) is 0 Å². The molecule has 0 aromatic heterocycles. The predicted octanol–water partition coefficient (Wildman–Crippen LogP) is 1.12. The number of hydrogen-bond acceptors (Lipinski definition) is 1. The summed E-state index contributed by atoms with van der Waals surface area (Å²) in [5, 5.41) is 8.28. The van der Waals surface area contributed by atoms with Gasteiger partial charge >= 0.3 is 5.97 Å². The third-order valence-corrected chi connectivity index (χ3v) is 2.30. The van der Waals surface area contributed by atoms with E-state index in [1.165, 1.54) is 5.75 Å². The smallest absolute Gasteiger partial charge is 0.303 e. The first-order valence-electron chi connectivity index (χ1n) is 3.39. The first-order valence-corrected chi connectivity index (χ1v) is 5.60. The average Bonchev–Trinajstić information content (AvgIpc) is 1.79. The van der Waals surface area contributed by atoms with Gasteiger partial charge in [0, 0.05) is 6.42 Å². The van der Waals surface area contributed by atoms with Gasteiger partial charge in [-0.2, -0.15) is 0 Å². The molecule has 0 unspecified atom stereocenters. The van der Waals surface area contributed by atoms with Gasteiger partial charge in [0.1, 0.15) is 5.75 Å². The number of rotatable bonds is 5. The monoisotopic (exact) mass is 163 g/mol. The Morgan fingerprint density at radius 2 is 2.00 bits per heavy atom. The number of unbranched alkanes of at least 4 members (excludes halogenated alkanes) is 1. The molecule has 0 rings (SSSR count). The molecule has 3 heteroatoms. The lowest BCUT2D eigenvalue weighted by Gasteiger charge is -1.94. The Bertz CT molecular complexity index is 102. The Labute approximate surface area is 65.0 Å². The minimum atomic E-state index is -0.674. The molecule has 0 aromatic carbocycles. The molecule has 0 atom stereocenters. The van der Waals surface area contributed by atoms with Crippen molar-refractivity contribution < 1.29 is 9.90 Å². The maximum atomic E-state index is 10.0. The maximum absolute atomic E-state index is 10.0. The van der Waals surface area contributed by atoms with Gasteiger partial charge in [-0.15, -0.1) is 0 Å². The summed E-state index contributed by atoms with van der Waals surface area (Å²) in [7, 11) is 0.477. The van der Waals surface area contributed by atoms with Crippen molar-refractivity contribution in [3.05, 3.63) is 0 Å². The van der Waals surface area contributed by atoms with Crippen LogP contribution in [0.25, 0.3) is 0 Å². The van der Waals surface area contributed by atoms with E-state index in [0.717, 1.165) is 12.8 Å². The lowest BCUT2D eigenvalue weighted by Crippen LogP contribution is -2.02. The van der Waals surface area contributed by atoms with Gasteiger partial charge in [-0.05, 0) is 23.7 Å². The molecule has 0 aromatic rings. The molecule has 1 N–H and O–H groups in total. The third kappa shape index (κ3) is 7.82. The fourth-order valence-electron chi connectivity index (χ4n) is 0.667. The summed E-state index contributed by atoms with van der Waals surface area (Å²) in [6.07, 6.45) is 6.58. The predicted molar refractivity (Wildman–Crippen MR) is 45.6 cm³/mol. The number of carboxylic acid groups (broad SMARTS) is 1. The number of carboxylic acids is 1. The summed E-state index contributed by atoms with van der Waals surface area (Å²) < 4.78 is 0. The molecule has 0 spiro atoms. The molecule has 0 saturated carbocycles. The Balaban J connectivity index is 2.98. The van der Waals surface area contributed by atoms with Gasteiger partial charge in [0.25, 0.3) is 0 Å². The van der Waals surface area contributed by atoms with Crippen LogP contribution in [-0.2, 0) is 15.7 Å². The van der Waals surface area contributed by atoms with Crippen LogP contribution in [0.2, 0.25) is 0 Å². The standard InChI is InChI=1S/C7H14O2S/c1-10(2)6-4-3-5-7(8)9/h3-6H2,1-2H3/p+1. The van der Waals surface area contributed by atoms with Gasteiger partial charge in [-0.25, -0.2) is 0 Å². The SMILES string of the molecule is C[S+](C)CCCCC(=O)O. The largest absolute Gasteiger partial charge is 0.481 e. The molecule has 0 heterocycles. The van der Waals surface area contributed by atoms with E-state index in [1.54, 1.807) is 0 Å². The summed E-state index contributed by atoms with van der Waals surface area (Å²) in [5.41, 5.74) is 0. The fraction of sp³-hybridized carbons (Fsp3) is 0.857. The zero-order valence-corrected chi connectivity index (χ0v) is 7.41. The van der Waals surface area contributed by atoms with Crippen molar-refractivity contribution in [2.45, 2.75) is 19.3 Å². The zero-order chi connectivity index (χ0) is 7.98. The van der Waals surface area contributed by atoms with Crippen LogP contribution in [0.1, 0.15) is 19.3 Å². The van der Waals surface area contributed by atoms with Crippen molar-refractivity contribution in [3.8, 4) is 0 Å². The number of aliphatic carboxylic acids is 1.